The van der Waals surface area contributed by atoms with E-state index in [0.29, 0.717) is 6.10 Å². The highest BCUT2D eigenvalue weighted by Gasteiger charge is 2.17. The van der Waals surface area contributed by atoms with Crippen molar-refractivity contribution in [3.05, 3.63) is 0 Å². The molecule has 0 spiro atoms. The molecule has 1 fully saturated rings. The Bertz CT molecular complexity index is 93.0. The standard InChI is InChI=1S/C10H20O/c1-9(11-2)10-7-5-3-4-6-8-10/h9-10H,3-8H2,1-2H3/t9-/m1/s1. The van der Waals surface area contributed by atoms with Gasteiger partial charge in [-0.1, -0.05) is 25.7 Å². The second-order valence-electron chi connectivity index (χ2n) is 3.69. The van der Waals surface area contributed by atoms with E-state index in [1.54, 1.807) is 0 Å². The van der Waals surface area contributed by atoms with Crippen LogP contribution in [0.3, 0.4) is 0 Å². The van der Waals surface area contributed by atoms with Crippen LogP contribution in [-0.4, -0.2) is 13.2 Å². The van der Waals surface area contributed by atoms with Gasteiger partial charge in [-0.15, -0.1) is 0 Å². The largest absolute Gasteiger partial charge is 0.381 e. The zero-order chi connectivity index (χ0) is 8.10. The molecule has 0 N–H and O–H groups in total. The van der Waals surface area contributed by atoms with Crippen LogP contribution in [0.1, 0.15) is 45.4 Å². The minimum absolute atomic E-state index is 0.480. The van der Waals surface area contributed by atoms with Gasteiger partial charge in [0, 0.05) is 7.11 Å². The molecule has 1 atom stereocenters. The van der Waals surface area contributed by atoms with E-state index in [-0.39, 0.29) is 0 Å². The molecule has 1 heteroatoms. The van der Waals surface area contributed by atoms with Crippen molar-refractivity contribution in [2.24, 2.45) is 5.92 Å². The first-order valence-corrected chi connectivity index (χ1v) is 4.87. The van der Waals surface area contributed by atoms with Gasteiger partial charge in [0.2, 0.25) is 0 Å². The lowest BCUT2D eigenvalue weighted by atomic mass is 9.95. The number of hydrogen-bond acceptors (Lipinski definition) is 1. The molecule has 1 aliphatic carbocycles. The SMILES string of the molecule is CO[C@H](C)C1CCCCCC1. The van der Waals surface area contributed by atoms with Crippen molar-refractivity contribution >= 4 is 0 Å². The predicted molar refractivity (Wildman–Crippen MR) is 47.7 cm³/mol. The Morgan fingerprint density at radius 2 is 1.64 bits per heavy atom. The summed E-state index contributed by atoms with van der Waals surface area (Å²) in [6.45, 7) is 2.20. The molecule has 0 aliphatic heterocycles. The zero-order valence-corrected chi connectivity index (χ0v) is 7.81. The number of methoxy groups -OCH3 is 1. The molecule has 0 aromatic rings. The van der Waals surface area contributed by atoms with Crippen LogP contribution in [0.25, 0.3) is 0 Å². The van der Waals surface area contributed by atoms with Crippen LogP contribution in [0.4, 0.5) is 0 Å². The van der Waals surface area contributed by atoms with Crippen LogP contribution in [0.2, 0.25) is 0 Å². The van der Waals surface area contributed by atoms with Gasteiger partial charge < -0.3 is 4.74 Å². The van der Waals surface area contributed by atoms with Crippen LogP contribution in [0, 0.1) is 5.92 Å². The van der Waals surface area contributed by atoms with E-state index in [0.717, 1.165) is 5.92 Å². The Kier molecular flexibility index (Phi) is 3.92. The molecule has 0 saturated heterocycles. The van der Waals surface area contributed by atoms with E-state index in [1.807, 2.05) is 7.11 Å². The molecule has 0 aromatic heterocycles. The van der Waals surface area contributed by atoms with Crippen molar-refractivity contribution in [3.8, 4) is 0 Å². The average molecular weight is 156 g/mol. The van der Waals surface area contributed by atoms with Crippen molar-refractivity contribution in [2.75, 3.05) is 7.11 Å². The van der Waals surface area contributed by atoms with Crippen molar-refractivity contribution in [1.82, 2.24) is 0 Å². The first-order chi connectivity index (χ1) is 5.34. The van der Waals surface area contributed by atoms with E-state index < -0.39 is 0 Å². The van der Waals surface area contributed by atoms with Gasteiger partial charge in [-0.25, -0.2) is 0 Å². The molecule has 1 nitrogen and oxygen atoms in total. The highest BCUT2D eigenvalue weighted by molar-refractivity contribution is 4.69. The van der Waals surface area contributed by atoms with Gasteiger partial charge in [-0.05, 0) is 25.7 Å². The predicted octanol–water partition coefficient (Wildman–Crippen LogP) is 2.99. The molecular weight excluding hydrogens is 136 g/mol. The smallest absolute Gasteiger partial charge is 0.0571 e. The first-order valence-electron chi connectivity index (χ1n) is 4.87. The molecule has 1 saturated carbocycles. The van der Waals surface area contributed by atoms with Gasteiger partial charge in [-0.2, -0.15) is 0 Å². The van der Waals surface area contributed by atoms with Gasteiger partial charge in [0.1, 0.15) is 0 Å². The molecule has 66 valence electrons. The van der Waals surface area contributed by atoms with E-state index >= 15 is 0 Å². The fourth-order valence-electron chi connectivity index (χ4n) is 1.97. The normalized spacial score (nSPS) is 24.5. The lowest BCUT2D eigenvalue weighted by molar-refractivity contribution is 0.0604. The Hall–Kier alpha value is -0.0400. The van der Waals surface area contributed by atoms with Crippen LogP contribution in [0.15, 0.2) is 0 Å². The molecule has 0 unspecified atom stereocenters. The minimum Gasteiger partial charge on any atom is -0.381 e. The van der Waals surface area contributed by atoms with Gasteiger partial charge in [0.25, 0.3) is 0 Å². The van der Waals surface area contributed by atoms with Crippen molar-refractivity contribution in [2.45, 2.75) is 51.6 Å². The average Bonchev–Trinajstić information content (AvgIpc) is 2.30. The monoisotopic (exact) mass is 156 g/mol. The number of rotatable bonds is 2. The van der Waals surface area contributed by atoms with Gasteiger partial charge in [0.15, 0.2) is 0 Å². The van der Waals surface area contributed by atoms with E-state index in [1.165, 1.54) is 38.5 Å². The Labute approximate surface area is 70.1 Å². The van der Waals surface area contributed by atoms with Crippen LogP contribution >= 0.6 is 0 Å². The van der Waals surface area contributed by atoms with Crippen LogP contribution in [-0.2, 0) is 4.74 Å². The van der Waals surface area contributed by atoms with Gasteiger partial charge in [0.05, 0.1) is 6.10 Å². The van der Waals surface area contributed by atoms with Gasteiger partial charge in [-0.3, -0.25) is 0 Å². The Balaban J connectivity index is 2.30. The summed E-state index contributed by atoms with van der Waals surface area (Å²) in [5, 5.41) is 0. The summed E-state index contributed by atoms with van der Waals surface area (Å²) in [6, 6.07) is 0. The first kappa shape index (κ1) is 9.05. The molecule has 0 aromatic carbocycles. The molecule has 1 rings (SSSR count). The Morgan fingerprint density at radius 1 is 1.09 bits per heavy atom. The van der Waals surface area contributed by atoms with Crippen molar-refractivity contribution in [3.63, 3.8) is 0 Å². The maximum Gasteiger partial charge on any atom is 0.0571 e. The van der Waals surface area contributed by atoms with Crippen molar-refractivity contribution in [1.29, 1.82) is 0 Å². The molecule has 0 bridgehead atoms. The maximum atomic E-state index is 5.35. The van der Waals surface area contributed by atoms with E-state index in [2.05, 4.69) is 6.92 Å². The topological polar surface area (TPSA) is 9.23 Å². The highest BCUT2D eigenvalue weighted by atomic mass is 16.5. The van der Waals surface area contributed by atoms with Gasteiger partial charge >= 0.3 is 0 Å². The third-order valence-electron chi connectivity index (χ3n) is 2.94. The summed E-state index contributed by atoms with van der Waals surface area (Å²) >= 11 is 0. The van der Waals surface area contributed by atoms with Crippen LogP contribution < -0.4 is 0 Å². The summed E-state index contributed by atoms with van der Waals surface area (Å²) in [5.74, 6) is 0.836. The molecule has 0 radical (unpaired) electrons. The molecular formula is C10H20O. The molecule has 11 heavy (non-hydrogen) atoms. The highest BCUT2D eigenvalue weighted by Crippen LogP contribution is 2.26. The molecule has 1 aliphatic rings. The third kappa shape index (κ3) is 2.82. The quantitative estimate of drug-likeness (QED) is 0.558. The van der Waals surface area contributed by atoms with E-state index in [4.69, 9.17) is 4.74 Å². The fourth-order valence-corrected chi connectivity index (χ4v) is 1.97. The number of ether oxygens (including phenoxy) is 1. The summed E-state index contributed by atoms with van der Waals surface area (Å²) in [7, 11) is 1.83. The molecule has 0 amide bonds. The lowest BCUT2D eigenvalue weighted by Crippen LogP contribution is -2.18. The van der Waals surface area contributed by atoms with Crippen LogP contribution in [0.5, 0.6) is 0 Å². The second-order valence-corrected chi connectivity index (χ2v) is 3.69. The summed E-state index contributed by atoms with van der Waals surface area (Å²) < 4.78 is 5.35. The second kappa shape index (κ2) is 4.76. The number of hydrogen-bond donors (Lipinski definition) is 0. The maximum absolute atomic E-state index is 5.35. The summed E-state index contributed by atoms with van der Waals surface area (Å²) in [5.41, 5.74) is 0. The fraction of sp³-hybridized carbons (Fsp3) is 1.00. The third-order valence-corrected chi connectivity index (χ3v) is 2.94. The summed E-state index contributed by atoms with van der Waals surface area (Å²) in [4.78, 5) is 0. The van der Waals surface area contributed by atoms with Crippen molar-refractivity contribution < 1.29 is 4.74 Å². The lowest BCUT2D eigenvalue weighted by Gasteiger charge is -2.20. The summed E-state index contributed by atoms with van der Waals surface area (Å²) in [6.07, 6.45) is 8.95. The molecule has 0 heterocycles. The minimum atomic E-state index is 0.480. The zero-order valence-electron chi connectivity index (χ0n) is 7.81. The Morgan fingerprint density at radius 3 is 2.09 bits per heavy atom. The van der Waals surface area contributed by atoms with E-state index in [9.17, 15) is 0 Å².